The third-order valence-electron chi connectivity index (χ3n) is 4.03. The molecule has 1 unspecified atom stereocenters. The van der Waals surface area contributed by atoms with Gasteiger partial charge in [0.2, 0.25) is 0 Å². The smallest absolute Gasteiger partial charge is 0.173 e. The topological polar surface area (TPSA) is 24.5 Å². The summed E-state index contributed by atoms with van der Waals surface area (Å²) < 4.78 is 5.80. The van der Waals surface area contributed by atoms with Crippen LogP contribution in [0.4, 0.5) is 5.69 Å². The van der Waals surface area contributed by atoms with Crippen molar-refractivity contribution >= 4 is 23.0 Å². The molecule has 0 bridgehead atoms. The molecule has 0 amide bonds. The highest BCUT2D eigenvalue weighted by atomic mass is 32.1. The van der Waals surface area contributed by atoms with Gasteiger partial charge in [0.05, 0.1) is 0 Å². The van der Waals surface area contributed by atoms with E-state index in [9.17, 15) is 0 Å². The van der Waals surface area contributed by atoms with Crippen LogP contribution >= 0.6 is 12.2 Å². The van der Waals surface area contributed by atoms with Gasteiger partial charge in [0, 0.05) is 18.8 Å². The second kappa shape index (κ2) is 7.47. The first-order valence-electron chi connectivity index (χ1n) is 8.09. The summed E-state index contributed by atoms with van der Waals surface area (Å²) in [5.41, 5.74) is 0.994. The van der Waals surface area contributed by atoms with Gasteiger partial charge >= 0.3 is 0 Å². The van der Waals surface area contributed by atoms with E-state index in [-0.39, 0.29) is 0 Å². The van der Waals surface area contributed by atoms with Gasteiger partial charge in [0.1, 0.15) is 11.5 Å². The quantitative estimate of drug-likeness (QED) is 0.810. The Kier molecular flexibility index (Phi) is 5.13. The van der Waals surface area contributed by atoms with Gasteiger partial charge in [-0.05, 0) is 67.4 Å². The van der Waals surface area contributed by atoms with Crippen molar-refractivity contribution in [3.63, 3.8) is 0 Å². The van der Waals surface area contributed by atoms with Gasteiger partial charge in [-0.25, -0.2) is 0 Å². The third-order valence-corrected chi connectivity index (χ3v) is 4.39. The minimum Gasteiger partial charge on any atom is -0.457 e. The van der Waals surface area contributed by atoms with Gasteiger partial charge in [-0.2, -0.15) is 0 Å². The Balaban J connectivity index is 1.58. The fourth-order valence-electron chi connectivity index (χ4n) is 2.81. The molecule has 0 radical (unpaired) electrons. The molecule has 2 aromatic carbocycles. The Morgan fingerprint density at radius 1 is 1.09 bits per heavy atom. The highest BCUT2D eigenvalue weighted by Crippen LogP contribution is 2.23. The molecule has 0 spiro atoms. The molecule has 1 aliphatic heterocycles. The number of rotatable bonds is 3. The summed E-state index contributed by atoms with van der Waals surface area (Å²) >= 11 is 5.53. The second-order valence-electron chi connectivity index (χ2n) is 6.06. The van der Waals surface area contributed by atoms with Gasteiger partial charge in [-0.1, -0.05) is 25.1 Å². The Bertz CT molecular complexity index is 642. The number of benzene rings is 2. The van der Waals surface area contributed by atoms with E-state index in [0.29, 0.717) is 5.92 Å². The maximum Gasteiger partial charge on any atom is 0.173 e. The number of likely N-dealkylation sites (tertiary alicyclic amines) is 1. The normalized spacial score (nSPS) is 17.6. The molecular formula is C19H22N2OS. The van der Waals surface area contributed by atoms with Gasteiger partial charge in [0.15, 0.2) is 5.11 Å². The van der Waals surface area contributed by atoms with Crippen LogP contribution in [0.3, 0.4) is 0 Å². The Morgan fingerprint density at radius 3 is 2.48 bits per heavy atom. The van der Waals surface area contributed by atoms with Crippen molar-refractivity contribution in [2.45, 2.75) is 19.8 Å². The molecule has 1 N–H and O–H groups in total. The molecule has 0 aromatic heterocycles. The van der Waals surface area contributed by atoms with Crippen molar-refractivity contribution in [1.29, 1.82) is 0 Å². The summed E-state index contributed by atoms with van der Waals surface area (Å²) in [7, 11) is 0. The SMILES string of the molecule is CC1CCCN(C(=S)Nc2ccc(Oc3ccccc3)cc2)C1. The molecular weight excluding hydrogens is 304 g/mol. The van der Waals surface area contributed by atoms with Crippen molar-refractivity contribution in [2.24, 2.45) is 5.92 Å². The van der Waals surface area contributed by atoms with E-state index in [1.54, 1.807) is 0 Å². The van der Waals surface area contributed by atoms with E-state index < -0.39 is 0 Å². The van der Waals surface area contributed by atoms with Gasteiger partial charge < -0.3 is 15.0 Å². The van der Waals surface area contributed by atoms with Crippen LogP contribution in [0.25, 0.3) is 0 Å². The monoisotopic (exact) mass is 326 g/mol. The summed E-state index contributed by atoms with van der Waals surface area (Å²) in [5, 5.41) is 4.14. The number of hydrogen-bond donors (Lipinski definition) is 1. The maximum atomic E-state index is 5.80. The average Bonchev–Trinajstić information content (AvgIpc) is 2.57. The lowest BCUT2D eigenvalue weighted by Crippen LogP contribution is -2.41. The third kappa shape index (κ3) is 4.45. The number of ether oxygens (including phenoxy) is 1. The van der Waals surface area contributed by atoms with Crippen molar-refractivity contribution < 1.29 is 4.74 Å². The van der Waals surface area contributed by atoms with E-state index in [4.69, 9.17) is 17.0 Å². The van der Waals surface area contributed by atoms with Crippen LogP contribution in [0.5, 0.6) is 11.5 Å². The summed E-state index contributed by atoms with van der Waals surface area (Å²) in [6.07, 6.45) is 2.51. The fourth-order valence-corrected chi connectivity index (χ4v) is 3.09. The minimum absolute atomic E-state index is 0.713. The number of piperidine rings is 1. The van der Waals surface area contributed by atoms with Crippen LogP contribution in [-0.2, 0) is 0 Å². The van der Waals surface area contributed by atoms with Crippen molar-refractivity contribution in [1.82, 2.24) is 4.90 Å². The second-order valence-corrected chi connectivity index (χ2v) is 6.45. The Morgan fingerprint density at radius 2 is 1.78 bits per heavy atom. The zero-order valence-electron chi connectivity index (χ0n) is 13.4. The molecule has 3 nitrogen and oxygen atoms in total. The first-order valence-corrected chi connectivity index (χ1v) is 8.50. The molecule has 4 heteroatoms. The van der Waals surface area contributed by atoms with E-state index in [0.717, 1.165) is 35.4 Å². The molecule has 120 valence electrons. The van der Waals surface area contributed by atoms with E-state index >= 15 is 0 Å². The molecule has 1 fully saturated rings. The number of thiocarbonyl (C=S) groups is 1. The van der Waals surface area contributed by atoms with Crippen LogP contribution in [0.2, 0.25) is 0 Å². The molecule has 2 aromatic rings. The fraction of sp³-hybridized carbons (Fsp3) is 0.316. The van der Waals surface area contributed by atoms with E-state index in [1.165, 1.54) is 12.8 Å². The summed E-state index contributed by atoms with van der Waals surface area (Å²) in [6, 6.07) is 17.7. The van der Waals surface area contributed by atoms with Crippen LogP contribution in [0.1, 0.15) is 19.8 Å². The lowest BCUT2D eigenvalue weighted by atomic mass is 10.0. The van der Waals surface area contributed by atoms with Gasteiger partial charge in [0.25, 0.3) is 0 Å². The van der Waals surface area contributed by atoms with E-state index in [2.05, 4.69) is 17.1 Å². The van der Waals surface area contributed by atoms with Crippen LogP contribution in [-0.4, -0.2) is 23.1 Å². The molecule has 0 saturated carbocycles. The number of para-hydroxylation sites is 1. The van der Waals surface area contributed by atoms with Crippen molar-refractivity contribution in [3.05, 3.63) is 54.6 Å². The van der Waals surface area contributed by atoms with Crippen LogP contribution in [0.15, 0.2) is 54.6 Å². The van der Waals surface area contributed by atoms with Gasteiger partial charge in [-0.15, -0.1) is 0 Å². The highest BCUT2D eigenvalue weighted by molar-refractivity contribution is 7.80. The number of hydrogen-bond acceptors (Lipinski definition) is 2. The maximum absolute atomic E-state index is 5.80. The lowest BCUT2D eigenvalue weighted by Gasteiger charge is -2.33. The molecule has 3 rings (SSSR count). The minimum atomic E-state index is 0.713. The van der Waals surface area contributed by atoms with Crippen molar-refractivity contribution in [2.75, 3.05) is 18.4 Å². The summed E-state index contributed by atoms with van der Waals surface area (Å²) in [4.78, 5) is 2.26. The number of nitrogens with zero attached hydrogens (tertiary/aromatic N) is 1. The highest BCUT2D eigenvalue weighted by Gasteiger charge is 2.18. The predicted molar refractivity (Wildman–Crippen MR) is 99.1 cm³/mol. The Labute approximate surface area is 143 Å². The predicted octanol–water partition coefficient (Wildman–Crippen LogP) is 4.91. The number of anilines is 1. The standard InChI is InChI=1S/C19H22N2OS/c1-15-6-5-13-21(14-15)19(23)20-16-9-11-18(12-10-16)22-17-7-3-2-4-8-17/h2-4,7-12,15H,5-6,13-14H2,1H3,(H,20,23). The molecule has 1 saturated heterocycles. The van der Waals surface area contributed by atoms with Gasteiger partial charge in [-0.3, -0.25) is 0 Å². The number of nitrogens with one attached hydrogen (secondary N) is 1. The van der Waals surface area contributed by atoms with Crippen LogP contribution < -0.4 is 10.1 Å². The molecule has 1 aliphatic rings. The molecule has 1 heterocycles. The lowest BCUT2D eigenvalue weighted by molar-refractivity contribution is 0.276. The average molecular weight is 326 g/mol. The first kappa shape index (κ1) is 15.8. The van der Waals surface area contributed by atoms with Crippen molar-refractivity contribution in [3.8, 4) is 11.5 Å². The van der Waals surface area contributed by atoms with E-state index in [1.807, 2.05) is 54.6 Å². The van der Waals surface area contributed by atoms with Crippen LogP contribution in [0, 0.1) is 5.92 Å². The molecule has 1 atom stereocenters. The summed E-state index contributed by atoms with van der Waals surface area (Å²) in [6.45, 7) is 4.37. The zero-order valence-corrected chi connectivity index (χ0v) is 14.2. The molecule has 23 heavy (non-hydrogen) atoms. The first-order chi connectivity index (χ1) is 11.2. The molecule has 0 aliphatic carbocycles. The summed E-state index contributed by atoms with van der Waals surface area (Å²) in [5.74, 6) is 2.37. The largest absolute Gasteiger partial charge is 0.457 e. The Hall–Kier alpha value is -2.07. The zero-order chi connectivity index (χ0) is 16.1.